The van der Waals surface area contributed by atoms with Crippen molar-refractivity contribution < 1.29 is 22.9 Å². The molecule has 0 N–H and O–H groups in total. The number of benzene rings is 1. The second-order valence-corrected chi connectivity index (χ2v) is 7.42. The van der Waals surface area contributed by atoms with Gasteiger partial charge in [-0.25, -0.2) is 4.98 Å². The van der Waals surface area contributed by atoms with E-state index >= 15 is 0 Å². The lowest BCUT2D eigenvalue weighted by Gasteiger charge is -2.36. The lowest BCUT2D eigenvalue weighted by atomic mass is 10.2. The Hall–Kier alpha value is -2.92. The van der Waals surface area contributed by atoms with E-state index in [1.54, 1.807) is 11.9 Å². The molecular formula is C19H19ClF3N5O3. The molecule has 1 aromatic carbocycles. The summed E-state index contributed by atoms with van der Waals surface area (Å²) in [5.74, 6) is 0.0941. The number of piperazine rings is 1. The van der Waals surface area contributed by atoms with Crippen molar-refractivity contribution in [3.05, 3.63) is 57.2 Å². The molecule has 0 aliphatic carbocycles. The molecule has 0 bridgehead atoms. The van der Waals surface area contributed by atoms with Crippen molar-refractivity contribution in [2.24, 2.45) is 0 Å². The summed E-state index contributed by atoms with van der Waals surface area (Å²) in [4.78, 5) is 31.8. The van der Waals surface area contributed by atoms with Crippen molar-refractivity contribution in [1.29, 1.82) is 0 Å². The van der Waals surface area contributed by atoms with E-state index in [0.29, 0.717) is 31.9 Å². The zero-order chi connectivity index (χ0) is 22.8. The molecule has 1 aliphatic rings. The summed E-state index contributed by atoms with van der Waals surface area (Å²) >= 11 is 6.01. The first-order chi connectivity index (χ1) is 14.6. The molecule has 31 heavy (non-hydrogen) atoms. The summed E-state index contributed by atoms with van der Waals surface area (Å²) < 4.78 is 38.3. The third-order valence-corrected chi connectivity index (χ3v) is 5.28. The molecule has 0 saturated carbocycles. The van der Waals surface area contributed by atoms with Crippen molar-refractivity contribution in [3.8, 4) is 0 Å². The van der Waals surface area contributed by atoms with Crippen molar-refractivity contribution >= 4 is 34.7 Å². The zero-order valence-corrected chi connectivity index (χ0v) is 17.2. The second-order valence-electron chi connectivity index (χ2n) is 7.02. The van der Waals surface area contributed by atoms with Gasteiger partial charge in [0, 0.05) is 57.2 Å². The van der Waals surface area contributed by atoms with Crippen LogP contribution in [0.1, 0.15) is 5.56 Å². The Morgan fingerprint density at radius 3 is 2.35 bits per heavy atom. The average molecular weight is 458 g/mol. The number of likely N-dealkylation sites (N-methyl/N-ethyl adjacent to an activating group) is 1. The monoisotopic (exact) mass is 457 g/mol. The van der Waals surface area contributed by atoms with Crippen molar-refractivity contribution in [3.63, 3.8) is 0 Å². The minimum atomic E-state index is -4.51. The Morgan fingerprint density at radius 1 is 1.23 bits per heavy atom. The molecule has 12 heteroatoms. The molecule has 1 aromatic heterocycles. The quantitative estimate of drug-likeness (QED) is 0.505. The van der Waals surface area contributed by atoms with Gasteiger partial charge in [0.1, 0.15) is 5.82 Å². The molecule has 0 atom stereocenters. The van der Waals surface area contributed by atoms with Crippen LogP contribution in [0.4, 0.5) is 30.4 Å². The first-order valence-electron chi connectivity index (χ1n) is 9.27. The number of hydrogen-bond donors (Lipinski definition) is 0. The number of nitro benzene ring substituents is 1. The van der Waals surface area contributed by atoms with E-state index in [0.717, 1.165) is 12.3 Å². The van der Waals surface area contributed by atoms with Gasteiger partial charge in [-0.3, -0.25) is 19.8 Å². The van der Waals surface area contributed by atoms with Gasteiger partial charge in [0.15, 0.2) is 0 Å². The van der Waals surface area contributed by atoms with Crippen LogP contribution in [0.25, 0.3) is 0 Å². The number of non-ortho nitro benzene ring substituents is 1. The van der Waals surface area contributed by atoms with E-state index < -0.39 is 16.7 Å². The Morgan fingerprint density at radius 2 is 1.84 bits per heavy atom. The number of amides is 1. The summed E-state index contributed by atoms with van der Waals surface area (Å²) in [6, 6.07) is 6.54. The van der Waals surface area contributed by atoms with Gasteiger partial charge in [0.25, 0.3) is 5.69 Å². The first kappa shape index (κ1) is 22.8. The molecule has 1 amide bonds. The molecule has 1 aliphatic heterocycles. The highest BCUT2D eigenvalue weighted by atomic mass is 35.5. The summed E-state index contributed by atoms with van der Waals surface area (Å²) in [5, 5.41) is 10.7. The number of nitro groups is 1. The van der Waals surface area contributed by atoms with Gasteiger partial charge in [-0.05, 0) is 18.2 Å². The Balaban J connectivity index is 1.56. The third-order valence-electron chi connectivity index (χ3n) is 5.00. The molecule has 166 valence electrons. The molecule has 0 unspecified atom stereocenters. The summed E-state index contributed by atoms with van der Waals surface area (Å²) in [6.45, 7) is 2.03. The Labute approximate surface area is 181 Å². The molecule has 0 radical (unpaired) electrons. The normalized spacial score (nSPS) is 15.1. The number of carbonyl (C=O) groups is 1. The van der Waals surface area contributed by atoms with Gasteiger partial charge in [-0.15, -0.1) is 0 Å². The molecule has 8 nitrogen and oxygen atoms in total. The van der Waals surface area contributed by atoms with E-state index in [2.05, 4.69) is 4.98 Å². The maximum atomic E-state index is 12.8. The largest absolute Gasteiger partial charge is 0.417 e. The smallest absolute Gasteiger partial charge is 0.353 e. The highest BCUT2D eigenvalue weighted by Crippen LogP contribution is 2.33. The number of halogens is 4. The fourth-order valence-corrected chi connectivity index (χ4v) is 3.46. The van der Waals surface area contributed by atoms with Crippen LogP contribution in [0.2, 0.25) is 5.02 Å². The SMILES string of the molecule is CN(C(=O)CN1CCN(c2ncc(C(F)(F)F)cc2Cl)CC1)c1ccc([N+](=O)[O-])cc1. The molecule has 3 rings (SSSR count). The van der Waals surface area contributed by atoms with E-state index in [-0.39, 0.29) is 29.0 Å². The molecule has 2 heterocycles. The van der Waals surface area contributed by atoms with Gasteiger partial charge in [-0.2, -0.15) is 13.2 Å². The maximum absolute atomic E-state index is 12.8. The predicted molar refractivity (Wildman–Crippen MR) is 109 cm³/mol. The summed E-state index contributed by atoms with van der Waals surface area (Å²) in [7, 11) is 1.59. The number of aromatic nitrogens is 1. The van der Waals surface area contributed by atoms with Gasteiger partial charge in [0.05, 0.1) is 22.1 Å². The number of anilines is 2. The fraction of sp³-hybridized carbons (Fsp3) is 0.368. The van der Waals surface area contributed by atoms with Crippen LogP contribution in [0.15, 0.2) is 36.5 Å². The van der Waals surface area contributed by atoms with E-state index in [4.69, 9.17) is 11.6 Å². The van der Waals surface area contributed by atoms with Crippen LogP contribution in [0.5, 0.6) is 0 Å². The molecular weight excluding hydrogens is 439 g/mol. The van der Waals surface area contributed by atoms with Gasteiger partial charge >= 0.3 is 6.18 Å². The van der Waals surface area contributed by atoms with Crippen LogP contribution in [0.3, 0.4) is 0 Å². The second kappa shape index (κ2) is 9.06. The standard InChI is InChI=1S/C19H19ClF3N5O3/c1-25(14-2-4-15(5-3-14)28(30)31)17(29)12-26-6-8-27(9-7-26)18-16(20)10-13(11-24-18)19(21,22)23/h2-5,10-11H,6-9,12H2,1H3. The van der Waals surface area contributed by atoms with Gasteiger partial charge in [0.2, 0.25) is 5.91 Å². The lowest BCUT2D eigenvalue weighted by Crippen LogP contribution is -2.50. The maximum Gasteiger partial charge on any atom is 0.417 e. The van der Waals surface area contributed by atoms with Crippen molar-refractivity contribution in [1.82, 2.24) is 9.88 Å². The van der Waals surface area contributed by atoms with E-state index in [9.17, 15) is 28.1 Å². The highest BCUT2D eigenvalue weighted by molar-refractivity contribution is 6.33. The van der Waals surface area contributed by atoms with Crippen LogP contribution in [0, 0.1) is 10.1 Å². The summed E-state index contributed by atoms with van der Waals surface area (Å²) in [6.07, 6.45) is -3.75. The number of carbonyl (C=O) groups excluding carboxylic acids is 1. The summed E-state index contributed by atoms with van der Waals surface area (Å²) in [5.41, 5.74) is -0.425. The Kier molecular flexibility index (Phi) is 6.65. The Bertz CT molecular complexity index is 963. The average Bonchev–Trinajstić information content (AvgIpc) is 2.73. The third kappa shape index (κ3) is 5.42. The lowest BCUT2D eigenvalue weighted by molar-refractivity contribution is -0.384. The van der Waals surface area contributed by atoms with Gasteiger partial charge < -0.3 is 9.80 Å². The topological polar surface area (TPSA) is 82.8 Å². The molecule has 2 aromatic rings. The van der Waals surface area contributed by atoms with Crippen LogP contribution in [-0.4, -0.2) is 60.5 Å². The number of alkyl halides is 3. The van der Waals surface area contributed by atoms with Gasteiger partial charge in [-0.1, -0.05) is 11.6 Å². The zero-order valence-electron chi connectivity index (χ0n) is 16.5. The molecule has 1 fully saturated rings. The molecule has 1 saturated heterocycles. The van der Waals surface area contributed by atoms with Crippen LogP contribution in [-0.2, 0) is 11.0 Å². The molecule has 0 spiro atoms. The minimum Gasteiger partial charge on any atom is -0.353 e. The number of nitrogens with zero attached hydrogens (tertiary/aromatic N) is 5. The van der Waals surface area contributed by atoms with E-state index in [1.807, 2.05) is 4.90 Å². The number of rotatable bonds is 5. The van der Waals surface area contributed by atoms with Crippen molar-refractivity contribution in [2.75, 3.05) is 49.6 Å². The van der Waals surface area contributed by atoms with Crippen molar-refractivity contribution in [2.45, 2.75) is 6.18 Å². The van der Waals surface area contributed by atoms with Crippen LogP contribution < -0.4 is 9.80 Å². The first-order valence-corrected chi connectivity index (χ1v) is 9.65. The predicted octanol–water partition coefficient (Wildman–Crippen LogP) is 3.45. The number of hydrogen-bond acceptors (Lipinski definition) is 6. The van der Waals surface area contributed by atoms with E-state index in [1.165, 1.54) is 29.2 Å². The fourth-order valence-electron chi connectivity index (χ4n) is 3.18. The number of pyridine rings is 1. The highest BCUT2D eigenvalue weighted by Gasteiger charge is 2.32. The van der Waals surface area contributed by atoms with Crippen LogP contribution >= 0.6 is 11.6 Å². The minimum absolute atomic E-state index is 0.0590.